The largest absolute Gasteiger partial charge is 0.459 e. The van der Waals surface area contributed by atoms with E-state index >= 15 is 0 Å². The van der Waals surface area contributed by atoms with Crippen LogP contribution in [-0.2, 0) is 20.0 Å². The van der Waals surface area contributed by atoms with Crippen molar-refractivity contribution in [3.05, 3.63) is 71.3 Å². The Kier molecular flexibility index (Phi) is 5.46. The molecular weight excluding hydrogens is 398 g/mol. The third-order valence-electron chi connectivity index (χ3n) is 3.79. The normalized spacial score (nSPS) is 22.8. The molecule has 0 spiro atoms. The summed E-state index contributed by atoms with van der Waals surface area (Å²) in [6, 6.07) is 11.7. The van der Waals surface area contributed by atoms with Crippen molar-refractivity contribution in [3.8, 4) is 0 Å². The molecule has 0 bridgehead atoms. The number of esters is 1. The summed E-state index contributed by atoms with van der Waals surface area (Å²) in [5, 5.41) is 0.145. The smallest absolute Gasteiger partial charge is 0.338 e. The van der Waals surface area contributed by atoms with Crippen molar-refractivity contribution >= 4 is 21.9 Å². The van der Waals surface area contributed by atoms with E-state index in [1.165, 1.54) is 6.07 Å². The molecular formula is C18H15BrF2O4. The molecule has 2 aromatic rings. The predicted octanol–water partition coefficient (Wildman–Crippen LogP) is 3.78. The molecule has 0 amide bonds. The first-order valence-corrected chi connectivity index (χ1v) is 8.72. The van der Waals surface area contributed by atoms with Crippen molar-refractivity contribution in [2.45, 2.75) is 11.9 Å². The van der Waals surface area contributed by atoms with E-state index in [4.69, 9.17) is 14.2 Å². The molecule has 132 valence electrons. The molecule has 1 aliphatic heterocycles. The summed E-state index contributed by atoms with van der Waals surface area (Å²) in [7, 11) is 0. The number of halogens is 3. The van der Waals surface area contributed by atoms with E-state index in [1.807, 2.05) is 0 Å². The van der Waals surface area contributed by atoms with Crippen LogP contribution in [0.1, 0.15) is 15.9 Å². The minimum absolute atomic E-state index is 0.0364. The molecule has 3 rings (SSSR count). The highest BCUT2D eigenvalue weighted by Gasteiger charge is 2.44. The van der Waals surface area contributed by atoms with Gasteiger partial charge in [-0.15, -0.1) is 0 Å². The standard InChI is InChI=1S/C18H15BrF2O4/c19-11-18(15-7-6-13(20)8-16(15)21)24-10-14(25-18)9-23-17(22)12-4-2-1-3-5-12/h1-8,14H,9-11H2/t14-,18-/m0/s1. The van der Waals surface area contributed by atoms with Gasteiger partial charge in [0.1, 0.15) is 24.3 Å². The van der Waals surface area contributed by atoms with Crippen LogP contribution in [0.15, 0.2) is 48.5 Å². The molecule has 25 heavy (non-hydrogen) atoms. The van der Waals surface area contributed by atoms with E-state index in [2.05, 4.69) is 15.9 Å². The highest BCUT2D eigenvalue weighted by atomic mass is 79.9. The lowest BCUT2D eigenvalue weighted by molar-refractivity contribution is -0.162. The Morgan fingerprint density at radius 3 is 2.68 bits per heavy atom. The highest BCUT2D eigenvalue weighted by molar-refractivity contribution is 9.09. The Labute approximate surface area is 151 Å². The van der Waals surface area contributed by atoms with Crippen molar-refractivity contribution in [2.75, 3.05) is 18.5 Å². The molecule has 1 heterocycles. The molecule has 0 saturated carbocycles. The van der Waals surface area contributed by atoms with Gasteiger partial charge in [0.2, 0.25) is 5.79 Å². The second kappa shape index (κ2) is 7.59. The number of ether oxygens (including phenoxy) is 3. The number of hydrogen-bond donors (Lipinski definition) is 0. The van der Waals surface area contributed by atoms with Gasteiger partial charge in [-0.3, -0.25) is 0 Å². The van der Waals surface area contributed by atoms with Gasteiger partial charge in [0.25, 0.3) is 0 Å². The van der Waals surface area contributed by atoms with Gasteiger partial charge >= 0.3 is 5.97 Å². The van der Waals surface area contributed by atoms with Crippen LogP contribution in [0.2, 0.25) is 0 Å². The average molecular weight is 413 g/mol. The molecule has 1 aliphatic rings. The van der Waals surface area contributed by atoms with Crippen LogP contribution in [0, 0.1) is 11.6 Å². The van der Waals surface area contributed by atoms with Crippen LogP contribution in [0.3, 0.4) is 0 Å². The fourth-order valence-electron chi connectivity index (χ4n) is 2.55. The van der Waals surface area contributed by atoms with E-state index < -0.39 is 29.5 Å². The van der Waals surface area contributed by atoms with Crippen molar-refractivity contribution in [1.82, 2.24) is 0 Å². The summed E-state index contributed by atoms with van der Waals surface area (Å²) < 4.78 is 43.8. The van der Waals surface area contributed by atoms with Gasteiger partial charge in [0, 0.05) is 11.6 Å². The molecule has 7 heteroatoms. The van der Waals surface area contributed by atoms with Gasteiger partial charge in [0.05, 0.1) is 17.5 Å². The molecule has 1 fully saturated rings. The van der Waals surface area contributed by atoms with Gasteiger partial charge in [0.15, 0.2) is 0 Å². The lowest BCUT2D eigenvalue weighted by Gasteiger charge is -2.26. The summed E-state index contributed by atoms with van der Waals surface area (Å²) in [5.41, 5.74) is 0.514. The zero-order valence-corrected chi connectivity index (χ0v) is 14.7. The Bertz CT molecular complexity index is 756. The van der Waals surface area contributed by atoms with Gasteiger partial charge in [-0.05, 0) is 24.3 Å². The quantitative estimate of drug-likeness (QED) is 0.553. The van der Waals surface area contributed by atoms with E-state index in [-0.39, 0.29) is 24.1 Å². The van der Waals surface area contributed by atoms with E-state index in [0.29, 0.717) is 5.56 Å². The van der Waals surface area contributed by atoms with Crippen molar-refractivity contribution in [3.63, 3.8) is 0 Å². The molecule has 4 nitrogen and oxygen atoms in total. The first-order chi connectivity index (χ1) is 12.0. The van der Waals surface area contributed by atoms with Crippen molar-refractivity contribution < 1.29 is 27.8 Å². The van der Waals surface area contributed by atoms with Gasteiger partial charge in [-0.1, -0.05) is 34.1 Å². The topological polar surface area (TPSA) is 44.8 Å². The Balaban J connectivity index is 1.66. The maximum absolute atomic E-state index is 14.1. The van der Waals surface area contributed by atoms with Crippen molar-refractivity contribution in [1.29, 1.82) is 0 Å². The average Bonchev–Trinajstić information content (AvgIpc) is 3.05. The Morgan fingerprint density at radius 1 is 1.24 bits per heavy atom. The van der Waals surface area contributed by atoms with Crippen molar-refractivity contribution in [2.24, 2.45) is 0 Å². The third-order valence-corrected chi connectivity index (χ3v) is 4.52. The number of hydrogen-bond acceptors (Lipinski definition) is 4. The molecule has 1 saturated heterocycles. The lowest BCUT2D eigenvalue weighted by atomic mass is 10.1. The monoisotopic (exact) mass is 412 g/mol. The molecule has 0 aliphatic carbocycles. The second-order valence-electron chi connectivity index (χ2n) is 5.53. The van der Waals surface area contributed by atoms with Gasteiger partial charge < -0.3 is 14.2 Å². The van der Waals surface area contributed by atoms with Crippen LogP contribution in [0.5, 0.6) is 0 Å². The van der Waals surface area contributed by atoms with E-state index in [0.717, 1.165) is 12.1 Å². The lowest BCUT2D eigenvalue weighted by Crippen LogP contribution is -2.32. The summed E-state index contributed by atoms with van der Waals surface area (Å²) in [6.07, 6.45) is -0.560. The fourth-order valence-corrected chi connectivity index (χ4v) is 3.15. The molecule has 0 radical (unpaired) electrons. The number of benzene rings is 2. The second-order valence-corrected chi connectivity index (χ2v) is 6.09. The van der Waals surface area contributed by atoms with E-state index in [1.54, 1.807) is 30.3 Å². The van der Waals surface area contributed by atoms with Crippen LogP contribution in [-0.4, -0.2) is 30.6 Å². The first kappa shape index (κ1) is 18.0. The van der Waals surface area contributed by atoms with Crippen LogP contribution in [0.4, 0.5) is 8.78 Å². The predicted molar refractivity (Wildman–Crippen MR) is 89.4 cm³/mol. The van der Waals surface area contributed by atoms with Gasteiger partial charge in [-0.25, -0.2) is 13.6 Å². The first-order valence-electron chi connectivity index (χ1n) is 7.59. The maximum Gasteiger partial charge on any atom is 0.338 e. The van der Waals surface area contributed by atoms with Crippen LogP contribution < -0.4 is 0 Å². The molecule has 2 aromatic carbocycles. The zero-order valence-electron chi connectivity index (χ0n) is 13.1. The zero-order chi connectivity index (χ0) is 17.9. The summed E-state index contributed by atoms with van der Waals surface area (Å²) >= 11 is 3.25. The number of carbonyl (C=O) groups is 1. The highest BCUT2D eigenvalue weighted by Crippen LogP contribution is 2.37. The SMILES string of the molecule is O=C(OC[C@H]1CO[C@](CBr)(c2ccc(F)cc2F)O1)c1ccccc1. The van der Waals surface area contributed by atoms with E-state index in [9.17, 15) is 13.6 Å². The molecule has 0 unspecified atom stereocenters. The number of carbonyl (C=O) groups excluding carboxylic acids is 1. The molecule has 2 atom stereocenters. The summed E-state index contributed by atoms with van der Waals surface area (Å²) in [4.78, 5) is 12.0. The minimum Gasteiger partial charge on any atom is -0.459 e. The fraction of sp³-hybridized carbons (Fsp3) is 0.278. The number of rotatable bonds is 5. The number of alkyl halides is 1. The molecule has 0 aromatic heterocycles. The van der Waals surface area contributed by atoms with Gasteiger partial charge in [-0.2, -0.15) is 0 Å². The summed E-state index contributed by atoms with van der Waals surface area (Å²) in [6.45, 7) is 0.0791. The van der Waals surface area contributed by atoms with Crippen LogP contribution >= 0.6 is 15.9 Å². The Hall–Kier alpha value is -1.83. The third kappa shape index (κ3) is 3.89. The Morgan fingerprint density at radius 2 is 2.00 bits per heavy atom. The molecule has 0 N–H and O–H groups in total. The maximum atomic E-state index is 14.1. The minimum atomic E-state index is -1.39. The van der Waals surface area contributed by atoms with Crippen LogP contribution in [0.25, 0.3) is 0 Å². The summed E-state index contributed by atoms with van der Waals surface area (Å²) in [5.74, 6) is -3.31.